The van der Waals surface area contributed by atoms with Crippen molar-refractivity contribution in [1.29, 1.82) is 0 Å². The lowest BCUT2D eigenvalue weighted by Crippen LogP contribution is -2.41. The molecule has 1 heterocycles. The van der Waals surface area contributed by atoms with Crippen LogP contribution in [0.5, 0.6) is 0 Å². The average molecular weight is 364 g/mol. The van der Waals surface area contributed by atoms with Crippen molar-refractivity contribution in [3.63, 3.8) is 0 Å². The first kappa shape index (κ1) is 17.7. The van der Waals surface area contributed by atoms with Crippen LogP contribution in [0.25, 0.3) is 10.8 Å². The number of benzene rings is 2. The number of hydrogen-bond acceptors (Lipinski definition) is 3. The third kappa shape index (κ3) is 3.11. The minimum atomic E-state index is -0.267. The maximum Gasteiger partial charge on any atom is 0.261 e. The smallest absolute Gasteiger partial charge is 0.261 e. The molecule has 0 aromatic heterocycles. The highest BCUT2D eigenvalue weighted by atomic mass is 16.2. The number of amides is 3. The predicted molar refractivity (Wildman–Crippen MR) is 104 cm³/mol. The number of nitrogens with zero attached hydrogens (tertiary/aromatic N) is 2. The number of hydrogen-bond donors (Lipinski definition) is 0. The van der Waals surface area contributed by atoms with Crippen LogP contribution in [0.2, 0.25) is 0 Å². The zero-order chi connectivity index (χ0) is 19.1. The van der Waals surface area contributed by atoms with Crippen LogP contribution >= 0.6 is 0 Å². The third-order valence-electron chi connectivity index (χ3n) is 5.94. The number of carbonyl (C=O) groups is 3. The van der Waals surface area contributed by atoms with Gasteiger partial charge in [-0.25, -0.2) is 0 Å². The molecular weight excluding hydrogens is 340 g/mol. The lowest BCUT2D eigenvalue weighted by atomic mass is 9.94. The van der Waals surface area contributed by atoms with E-state index in [-0.39, 0.29) is 30.3 Å². The van der Waals surface area contributed by atoms with Gasteiger partial charge >= 0.3 is 0 Å². The van der Waals surface area contributed by atoms with E-state index in [1.807, 2.05) is 36.2 Å². The predicted octanol–water partition coefficient (Wildman–Crippen LogP) is 3.47. The van der Waals surface area contributed by atoms with Gasteiger partial charge in [-0.15, -0.1) is 0 Å². The SMILES string of the molecule is CC(C1CC1)N(C)C(=O)CCCN1C(=O)c2cccc3cccc(c23)C1=O. The molecule has 5 nitrogen and oxygen atoms in total. The highest BCUT2D eigenvalue weighted by Gasteiger charge is 2.34. The molecule has 5 heteroatoms. The summed E-state index contributed by atoms with van der Waals surface area (Å²) >= 11 is 0. The number of carbonyl (C=O) groups excluding carboxylic acids is 3. The molecule has 1 saturated carbocycles. The van der Waals surface area contributed by atoms with Crippen molar-refractivity contribution in [3.05, 3.63) is 47.5 Å². The molecule has 1 aliphatic heterocycles. The molecular formula is C22H24N2O3. The molecule has 0 spiro atoms. The quantitative estimate of drug-likeness (QED) is 0.738. The van der Waals surface area contributed by atoms with Gasteiger partial charge in [-0.1, -0.05) is 24.3 Å². The Morgan fingerprint density at radius 1 is 1.11 bits per heavy atom. The van der Waals surface area contributed by atoms with E-state index in [1.54, 1.807) is 12.1 Å². The lowest BCUT2D eigenvalue weighted by Gasteiger charge is -2.28. The highest BCUT2D eigenvalue weighted by molar-refractivity contribution is 6.25. The van der Waals surface area contributed by atoms with Crippen molar-refractivity contribution in [2.75, 3.05) is 13.6 Å². The normalized spacial score (nSPS) is 17.3. The third-order valence-corrected chi connectivity index (χ3v) is 5.94. The van der Waals surface area contributed by atoms with E-state index < -0.39 is 0 Å². The second-order valence-corrected chi connectivity index (χ2v) is 7.66. The van der Waals surface area contributed by atoms with Gasteiger partial charge in [0.05, 0.1) is 0 Å². The van der Waals surface area contributed by atoms with E-state index in [1.165, 1.54) is 17.7 Å². The Hall–Kier alpha value is -2.69. The van der Waals surface area contributed by atoms with Gasteiger partial charge in [-0.2, -0.15) is 0 Å². The lowest BCUT2D eigenvalue weighted by molar-refractivity contribution is -0.132. The first-order chi connectivity index (χ1) is 13.0. The van der Waals surface area contributed by atoms with E-state index in [0.717, 1.165) is 10.8 Å². The van der Waals surface area contributed by atoms with E-state index in [9.17, 15) is 14.4 Å². The minimum Gasteiger partial charge on any atom is -0.343 e. The van der Waals surface area contributed by atoms with Crippen LogP contribution in [0.4, 0.5) is 0 Å². The van der Waals surface area contributed by atoms with Crippen molar-refractivity contribution < 1.29 is 14.4 Å². The molecule has 1 unspecified atom stereocenters. The summed E-state index contributed by atoms with van der Waals surface area (Å²) in [4.78, 5) is 41.2. The summed E-state index contributed by atoms with van der Waals surface area (Å²) in [7, 11) is 1.85. The Morgan fingerprint density at radius 3 is 2.26 bits per heavy atom. The van der Waals surface area contributed by atoms with Crippen molar-refractivity contribution in [3.8, 4) is 0 Å². The number of imide groups is 1. The molecule has 0 N–H and O–H groups in total. The number of rotatable bonds is 6. The molecule has 1 atom stereocenters. The van der Waals surface area contributed by atoms with Gasteiger partial charge in [0.15, 0.2) is 0 Å². The molecule has 0 saturated heterocycles. The van der Waals surface area contributed by atoms with Gasteiger partial charge < -0.3 is 4.90 Å². The van der Waals surface area contributed by atoms with Crippen LogP contribution < -0.4 is 0 Å². The monoisotopic (exact) mass is 364 g/mol. The van der Waals surface area contributed by atoms with Crippen molar-refractivity contribution >= 4 is 28.5 Å². The largest absolute Gasteiger partial charge is 0.343 e. The summed E-state index contributed by atoms with van der Waals surface area (Å²) < 4.78 is 0. The summed E-state index contributed by atoms with van der Waals surface area (Å²) in [5.41, 5.74) is 1.13. The van der Waals surface area contributed by atoms with Gasteiger partial charge in [0, 0.05) is 42.6 Å². The Kier molecular flexibility index (Phi) is 4.46. The van der Waals surface area contributed by atoms with Crippen molar-refractivity contribution in [2.24, 2.45) is 5.92 Å². The Balaban J connectivity index is 1.45. The molecule has 27 heavy (non-hydrogen) atoms. The molecule has 2 aromatic rings. The molecule has 2 aliphatic rings. The second-order valence-electron chi connectivity index (χ2n) is 7.66. The van der Waals surface area contributed by atoms with Gasteiger partial charge in [0.2, 0.25) is 5.91 Å². The molecule has 2 aromatic carbocycles. The first-order valence-electron chi connectivity index (χ1n) is 9.62. The Bertz CT molecular complexity index is 882. The van der Waals surface area contributed by atoms with Crippen LogP contribution in [0.1, 0.15) is 53.3 Å². The fourth-order valence-corrected chi connectivity index (χ4v) is 3.97. The molecule has 3 amide bonds. The van der Waals surface area contributed by atoms with E-state index in [2.05, 4.69) is 6.92 Å². The summed E-state index contributed by atoms with van der Waals surface area (Å²) in [6, 6.07) is 11.3. The van der Waals surface area contributed by atoms with E-state index in [4.69, 9.17) is 0 Å². The highest BCUT2D eigenvalue weighted by Crippen LogP contribution is 2.35. The average Bonchev–Trinajstić information content (AvgIpc) is 3.52. The Morgan fingerprint density at radius 2 is 1.70 bits per heavy atom. The van der Waals surface area contributed by atoms with Crippen molar-refractivity contribution in [2.45, 2.75) is 38.6 Å². The van der Waals surface area contributed by atoms with Gasteiger partial charge in [-0.3, -0.25) is 19.3 Å². The van der Waals surface area contributed by atoms with Crippen LogP contribution in [-0.4, -0.2) is 47.2 Å². The van der Waals surface area contributed by atoms with Gasteiger partial charge in [0.1, 0.15) is 0 Å². The maximum atomic E-state index is 12.8. The first-order valence-corrected chi connectivity index (χ1v) is 9.62. The summed E-state index contributed by atoms with van der Waals surface area (Å²) in [5.74, 6) is 0.169. The molecule has 0 radical (unpaired) electrons. The van der Waals surface area contributed by atoms with Crippen LogP contribution in [0.15, 0.2) is 36.4 Å². The molecule has 1 aliphatic carbocycles. The van der Waals surface area contributed by atoms with Crippen LogP contribution in [0, 0.1) is 5.92 Å². The van der Waals surface area contributed by atoms with Crippen molar-refractivity contribution in [1.82, 2.24) is 9.80 Å². The summed E-state index contributed by atoms with van der Waals surface area (Å²) in [5, 5.41) is 1.64. The maximum absolute atomic E-state index is 12.8. The van der Waals surface area contributed by atoms with Crippen LogP contribution in [0.3, 0.4) is 0 Å². The fourth-order valence-electron chi connectivity index (χ4n) is 3.97. The summed E-state index contributed by atoms with van der Waals surface area (Å²) in [6.45, 7) is 2.35. The Labute approximate surface area is 158 Å². The standard InChI is InChI=1S/C22H24N2O3/c1-14(15-11-12-15)23(2)19(25)10-5-13-24-21(26)17-8-3-6-16-7-4-9-18(20(16)17)22(24)27/h3-4,6-9,14-15H,5,10-13H2,1-2H3. The van der Waals surface area contributed by atoms with Gasteiger partial charge in [-0.05, 0) is 49.6 Å². The molecule has 140 valence electrons. The van der Waals surface area contributed by atoms with E-state index >= 15 is 0 Å². The second kappa shape index (κ2) is 6.80. The molecule has 0 bridgehead atoms. The fraction of sp³-hybridized carbons (Fsp3) is 0.409. The minimum absolute atomic E-state index is 0.0776. The zero-order valence-electron chi connectivity index (χ0n) is 15.8. The zero-order valence-corrected chi connectivity index (χ0v) is 15.8. The topological polar surface area (TPSA) is 57.7 Å². The molecule has 4 rings (SSSR count). The van der Waals surface area contributed by atoms with Gasteiger partial charge in [0.25, 0.3) is 11.8 Å². The van der Waals surface area contributed by atoms with Crippen LogP contribution in [-0.2, 0) is 4.79 Å². The molecule has 1 fully saturated rings. The summed E-state index contributed by atoms with van der Waals surface area (Å²) in [6.07, 6.45) is 3.22. The van der Waals surface area contributed by atoms with E-state index in [0.29, 0.717) is 29.9 Å².